The first kappa shape index (κ1) is 10.9. The SMILES string of the molecule is CC/C=C/CCO[Si](C)(C)C. The van der Waals surface area contributed by atoms with Crippen molar-refractivity contribution in [1.29, 1.82) is 0 Å². The molecule has 0 fully saturated rings. The summed E-state index contributed by atoms with van der Waals surface area (Å²) in [5.74, 6) is 0. The Morgan fingerprint density at radius 1 is 1.18 bits per heavy atom. The van der Waals surface area contributed by atoms with Crippen LogP contribution in [0.25, 0.3) is 0 Å². The zero-order valence-corrected chi connectivity index (χ0v) is 9.18. The van der Waals surface area contributed by atoms with E-state index in [4.69, 9.17) is 4.43 Å². The summed E-state index contributed by atoms with van der Waals surface area (Å²) < 4.78 is 5.66. The van der Waals surface area contributed by atoms with Gasteiger partial charge in [-0.3, -0.25) is 0 Å². The van der Waals surface area contributed by atoms with E-state index in [1.165, 1.54) is 0 Å². The third-order valence-corrected chi connectivity index (χ3v) is 2.29. The van der Waals surface area contributed by atoms with Crippen molar-refractivity contribution >= 4 is 8.32 Å². The lowest BCUT2D eigenvalue weighted by Crippen LogP contribution is -2.25. The first-order valence-corrected chi connectivity index (χ1v) is 7.76. The molecule has 0 saturated carbocycles. The third kappa shape index (κ3) is 9.92. The van der Waals surface area contributed by atoms with E-state index in [-0.39, 0.29) is 0 Å². The molecule has 2 heteroatoms. The minimum absolute atomic E-state index is 0.895. The van der Waals surface area contributed by atoms with E-state index in [1.54, 1.807) is 0 Å². The van der Waals surface area contributed by atoms with E-state index >= 15 is 0 Å². The molecule has 0 heterocycles. The van der Waals surface area contributed by atoms with Crippen LogP contribution in [0.3, 0.4) is 0 Å². The van der Waals surface area contributed by atoms with Gasteiger partial charge in [0.2, 0.25) is 0 Å². The summed E-state index contributed by atoms with van der Waals surface area (Å²) in [4.78, 5) is 0. The van der Waals surface area contributed by atoms with Gasteiger partial charge in [-0.15, -0.1) is 0 Å². The van der Waals surface area contributed by atoms with Crippen LogP contribution in [0, 0.1) is 0 Å². The van der Waals surface area contributed by atoms with Crippen LogP contribution in [0.15, 0.2) is 12.2 Å². The number of allylic oxidation sites excluding steroid dienone is 1. The van der Waals surface area contributed by atoms with Crippen molar-refractivity contribution in [2.75, 3.05) is 6.61 Å². The summed E-state index contributed by atoms with van der Waals surface area (Å²) in [7, 11) is -1.25. The molecule has 0 rings (SSSR count). The van der Waals surface area contributed by atoms with Crippen LogP contribution in [0.2, 0.25) is 19.6 Å². The fourth-order valence-corrected chi connectivity index (χ4v) is 1.45. The quantitative estimate of drug-likeness (QED) is 0.351. The molecule has 0 aliphatic heterocycles. The fraction of sp³-hybridized carbons (Fsp3) is 0.778. The first-order chi connectivity index (χ1) is 5.06. The predicted octanol–water partition coefficient (Wildman–Crippen LogP) is 3.19. The standard InChI is InChI=1S/C9H20OSi/c1-5-6-7-8-9-10-11(2,3)4/h6-7H,5,8-9H2,1-4H3/b7-6+. The number of hydrogen-bond donors (Lipinski definition) is 0. The second kappa shape index (κ2) is 5.55. The van der Waals surface area contributed by atoms with Gasteiger partial charge >= 0.3 is 0 Å². The Bertz CT molecular complexity index is 113. The van der Waals surface area contributed by atoms with E-state index in [1.807, 2.05) is 0 Å². The highest BCUT2D eigenvalue weighted by molar-refractivity contribution is 6.69. The lowest BCUT2D eigenvalue weighted by Gasteiger charge is -2.15. The molecule has 0 saturated heterocycles. The molecule has 0 amide bonds. The normalized spacial score (nSPS) is 12.7. The molecule has 0 atom stereocenters. The largest absolute Gasteiger partial charge is 0.417 e. The molecular weight excluding hydrogens is 152 g/mol. The molecular formula is C9H20OSi. The van der Waals surface area contributed by atoms with Gasteiger partial charge in [0.05, 0.1) is 0 Å². The summed E-state index contributed by atoms with van der Waals surface area (Å²) in [6, 6.07) is 0. The molecule has 0 aromatic carbocycles. The van der Waals surface area contributed by atoms with Gasteiger partial charge in [0.1, 0.15) is 0 Å². The third-order valence-electron chi connectivity index (χ3n) is 1.22. The molecule has 0 spiro atoms. The minimum atomic E-state index is -1.25. The van der Waals surface area contributed by atoms with Crippen molar-refractivity contribution in [3.63, 3.8) is 0 Å². The Morgan fingerprint density at radius 3 is 2.27 bits per heavy atom. The smallest absolute Gasteiger partial charge is 0.183 e. The highest BCUT2D eigenvalue weighted by atomic mass is 28.4. The van der Waals surface area contributed by atoms with Crippen molar-refractivity contribution in [2.45, 2.75) is 39.4 Å². The highest BCUT2D eigenvalue weighted by Gasteiger charge is 2.12. The maximum absolute atomic E-state index is 5.66. The monoisotopic (exact) mass is 172 g/mol. The summed E-state index contributed by atoms with van der Waals surface area (Å²) >= 11 is 0. The molecule has 0 aromatic heterocycles. The average molecular weight is 172 g/mol. The van der Waals surface area contributed by atoms with Gasteiger partial charge in [-0.05, 0) is 32.5 Å². The topological polar surface area (TPSA) is 9.23 Å². The summed E-state index contributed by atoms with van der Waals surface area (Å²) in [5.41, 5.74) is 0. The summed E-state index contributed by atoms with van der Waals surface area (Å²) in [5, 5.41) is 0. The van der Waals surface area contributed by atoms with E-state index in [0.29, 0.717) is 0 Å². The van der Waals surface area contributed by atoms with Crippen LogP contribution in [-0.4, -0.2) is 14.9 Å². The summed E-state index contributed by atoms with van der Waals surface area (Å²) in [6.45, 7) is 9.70. The second-order valence-corrected chi connectivity index (χ2v) is 8.14. The molecule has 0 aliphatic carbocycles. The van der Waals surface area contributed by atoms with E-state index in [9.17, 15) is 0 Å². The fourth-order valence-electron chi connectivity index (χ4n) is 0.718. The van der Waals surface area contributed by atoms with Crippen molar-refractivity contribution < 1.29 is 4.43 Å². The molecule has 0 unspecified atom stereocenters. The van der Waals surface area contributed by atoms with Gasteiger partial charge in [-0.25, -0.2) is 0 Å². The Kier molecular flexibility index (Phi) is 5.51. The Labute approximate surface area is 71.6 Å². The number of hydrogen-bond acceptors (Lipinski definition) is 1. The lowest BCUT2D eigenvalue weighted by molar-refractivity contribution is 0.319. The van der Waals surface area contributed by atoms with Gasteiger partial charge in [-0.1, -0.05) is 19.1 Å². The van der Waals surface area contributed by atoms with E-state index in [2.05, 4.69) is 38.7 Å². The van der Waals surface area contributed by atoms with Gasteiger partial charge in [0.25, 0.3) is 0 Å². The second-order valence-electron chi connectivity index (χ2n) is 3.63. The minimum Gasteiger partial charge on any atom is -0.417 e. The van der Waals surface area contributed by atoms with E-state index in [0.717, 1.165) is 19.4 Å². The maximum atomic E-state index is 5.66. The van der Waals surface area contributed by atoms with Crippen LogP contribution in [-0.2, 0) is 4.43 Å². The highest BCUT2D eigenvalue weighted by Crippen LogP contribution is 2.02. The van der Waals surface area contributed by atoms with Crippen molar-refractivity contribution in [2.24, 2.45) is 0 Å². The lowest BCUT2D eigenvalue weighted by atomic mass is 10.3. The van der Waals surface area contributed by atoms with Crippen molar-refractivity contribution in [1.82, 2.24) is 0 Å². The van der Waals surface area contributed by atoms with Crippen molar-refractivity contribution in [3.05, 3.63) is 12.2 Å². The Balaban J connectivity index is 3.21. The number of rotatable bonds is 5. The van der Waals surface area contributed by atoms with Crippen LogP contribution >= 0.6 is 0 Å². The molecule has 1 nitrogen and oxygen atoms in total. The zero-order chi connectivity index (χ0) is 8.74. The maximum Gasteiger partial charge on any atom is 0.183 e. The van der Waals surface area contributed by atoms with Gasteiger partial charge < -0.3 is 4.43 Å². The Hall–Kier alpha value is -0.0831. The summed E-state index contributed by atoms with van der Waals surface area (Å²) in [6.07, 6.45) is 6.58. The van der Waals surface area contributed by atoms with E-state index < -0.39 is 8.32 Å². The van der Waals surface area contributed by atoms with Crippen LogP contribution in [0.1, 0.15) is 19.8 Å². The van der Waals surface area contributed by atoms with Crippen LogP contribution < -0.4 is 0 Å². The molecule has 0 aromatic rings. The average Bonchev–Trinajstić information content (AvgIpc) is 1.85. The molecule has 0 N–H and O–H groups in total. The van der Waals surface area contributed by atoms with Crippen molar-refractivity contribution in [3.8, 4) is 0 Å². The Morgan fingerprint density at radius 2 is 1.82 bits per heavy atom. The van der Waals surface area contributed by atoms with Crippen LogP contribution in [0.4, 0.5) is 0 Å². The molecule has 0 bridgehead atoms. The molecule has 0 aliphatic rings. The zero-order valence-electron chi connectivity index (χ0n) is 8.18. The van der Waals surface area contributed by atoms with Gasteiger partial charge in [0.15, 0.2) is 8.32 Å². The van der Waals surface area contributed by atoms with Gasteiger partial charge in [0, 0.05) is 6.61 Å². The molecule has 0 radical (unpaired) electrons. The van der Waals surface area contributed by atoms with Gasteiger partial charge in [-0.2, -0.15) is 0 Å². The van der Waals surface area contributed by atoms with Crippen LogP contribution in [0.5, 0.6) is 0 Å². The molecule has 11 heavy (non-hydrogen) atoms. The first-order valence-electron chi connectivity index (χ1n) is 4.35. The molecule has 66 valence electrons. The predicted molar refractivity (Wildman–Crippen MR) is 53.3 cm³/mol.